The first-order valence-electron chi connectivity index (χ1n) is 31.0. The Morgan fingerprint density at radius 2 is 1.55 bits per heavy atom. The van der Waals surface area contributed by atoms with Crippen LogP contribution in [0.5, 0.6) is 0 Å². The zero-order valence-corrected chi connectivity index (χ0v) is 54.7. The molecule has 4 aliphatic heterocycles. The van der Waals surface area contributed by atoms with Gasteiger partial charge in [-0.3, -0.25) is 72.5 Å². The van der Waals surface area contributed by atoms with Crippen molar-refractivity contribution in [1.82, 2.24) is 68.3 Å². The van der Waals surface area contributed by atoms with Gasteiger partial charge < -0.3 is 84.2 Å². The number of nitrogens with zero attached hydrogens (tertiary/aromatic N) is 2. The van der Waals surface area contributed by atoms with Crippen molar-refractivity contribution in [1.29, 1.82) is 0 Å². The Kier molecular flexibility index (Phi) is 27.8. The number of aliphatic hydroxyl groups excluding tert-OH is 4. The first-order chi connectivity index (χ1) is 43.7. The quantitative estimate of drug-likeness (QED) is 0.0232. The summed E-state index contributed by atoms with van der Waals surface area (Å²) in [5.74, 6) is -14.4. The maximum atomic E-state index is 15.2. The number of rotatable bonds is 25. The molecule has 16 atom stereocenters. The maximum absolute atomic E-state index is 15.2. The van der Waals surface area contributed by atoms with Crippen LogP contribution in [0.25, 0.3) is 0 Å². The molecule has 32 heteroatoms. The molecule has 5 aliphatic rings. The van der Waals surface area contributed by atoms with Crippen molar-refractivity contribution in [3.63, 3.8) is 0 Å². The van der Waals surface area contributed by atoms with E-state index in [1.807, 2.05) is 12.2 Å². The molecule has 0 radical (unpaired) electrons. The normalized spacial score (nSPS) is 26.7. The fraction of sp³-hybridized carbons (Fsp3) is 0.623. The van der Waals surface area contributed by atoms with Crippen LogP contribution in [0.3, 0.4) is 0 Å². The SMILES string of the molecule is C=C(CC)C(C)C(=O)NCC(=O)N[C@H]1CSC2=C(CC(C(=O)NCC(N)=O)NC(O)[C@H]([C@@H](C)C(O)CO)NC(=O)[C@@H]3C[C@@H](O)CN3C(=O)[C@H](CC(=O)NC(C)(/C=C\C)NC(=O)[C@H](C)NC(=O)C(NC(=O)CCN3C(=O)CC(C)C3=O)C(C)C)NC1=O)C1C=CC=CC1N2. The summed E-state index contributed by atoms with van der Waals surface area (Å²) in [6.45, 7) is 14.9. The summed E-state index contributed by atoms with van der Waals surface area (Å²) in [4.78, 5) is 180. The van der Waals surface area contributed by atoms with Crippen molar-refractivity contribution in [2.45, 2.75) is 173 Å². The van der Waals surface area contributed by atoms with Crippen LogP contribution in [-0.2, 0) is 62.3 Å². The van der Waals surface area contributed by atoms with E-state index < -0.39 is 218 Å². The molecule has 514 valence electrons. The summed E-state index contributed by atoms with van der Waals surface area (Å²) in [5.41, 5.74) is 4.65. The average molecular weight is 1330 g/mol. The summed E-state index contributed by atoms with van der Waals surface area (Å²) in [5, 5.41) is 74.1. The predicted octanol–water partition coefficient (Wildman–Crippen LogP) is -4.60. The number of carbonyl (C=O) groups is 13. The molecule has 0 saturated carbocycles. The summed E-state index contributed by atoms with van der Waals surface area (Å²) < 4.78 is 0. The van der Waals surface area contributed by atoms with E-state index in [4.69, 9.17) is 5.73 Å². The smallest absolute Gasteiger partial charge is 0.246 e. The molecule has 2 fully saturated rings. The molecule has 0 aromatic rings. The number of hydrogen-bond acceptors (Lipinski definition) is 20. The van der Waals surface area contributed by atoms with E-state index in [9.17, 15) is 73.2 Å². The number of allylic oxidation sites excluding steroid dienone is 3. The van der Waals surface area contributed by atoms with Crippen molar-refractivity contribution in [2.24, 2.45) is 35.3 Å². The van der Waals surface area contributed by atoms with Gasteiger partial charge in [-0.2, -0.15) is 0 Å². The van der Waals surface area contributed by atoms with Gasteiger partial charge >= 0.3 is 0 Å². The summed E-state index contributed by atoms with van der Waals surface area (Å²) in [6, 6.07) is -11.2. The van der Waals surface area contributed by atoms with E-state index in [1.165, 1.54) is 32.9 Å². The van der Waals surface area contributed by atoms with E-state index >= 15 is 9.59 Å². The second-order valence-corrected chi connectivity index (χ2v) is 25.6. The highest BCUT2D eigenvalue weighted by Crippen LogP contribution is 2.38. The highest BCUT2D eigenvalue weighted by molar-refractivity contribution is 8.03. The second-order valence-electron chi connectivity index (χ2n) is 24.6. The number of thioether (sulfide) groups is 1. The van der Waals surface area contributed by atoms with Gasteiger partial charge in [-0.15, -0.1) is 11.8 Å². The van der Waals surface area contributed by atoms with Crippen molar-refractivity contribution in [3.8, 4) is 0 Å². The summed E-state index contributed by atoms with van der Waals surface area (Å²) in [7, 11) is 0. The Bertz CT molecular complexity index is 2990. The number of carbonyl (C=O) groups excluding carboxylic acids is 13. The van der Waals surface area contributed by atoms with Gasteiger partial charge in [0.25, 0.3) is 0 Å². The van der Waals surface area contributed by atoms with Crippen molar-refractivity contribution >= 4 is 88.6 Å². The molecule has 1 aliphatic carbocycles. The lowest BCUT2D eigenvalue weighted by Crippen LogP contribution is -2.64. The number of hydrogen-bond donors (Lipinski definition) is 16. The molecule has 9 unspecified atom stereocenters. The molecule has 93 heavy (non-hydrogen) atoms. The van der Waals surface area contributed by atoms with Crippen LogP contribution in [0.15, 0.2) is 59.2 Å². The lowest BCUT2D eigenvalue weighted by Gasteiger charge is -2.36. The number of nitrogens with one attached hydrogen (secondary N) is 11. The number of likely N-dealkylation sites (tertiary alicyclic amines) is 1. The standard InChI is InChI=1S/C61H92N14O17S/c1-11-18-61(10,73-52(85)34(9)65-56(89)49(29(3)4)70-45(80)17-19-74-48(83)20-31(6)59(74)91)72-46(81)23-40-60(92)75-26-35(77)21-42(75)55(88)71-50(33(8)43(78)27-76)57(90)67-39(53(86)63-24-44(62)79)22-37-36-15-13-14-16-38(36)69-58(37)93-28-41(54(87)68-40)66-47(82)25-64-51(84)32(7)30(5)12-2/h11,13-16,18,29,31-36,38-43,49-50,57,67,69,76-78,90H,5,12,17,19-28H2,1-4,6-10H3,(H2,62,79)(H,63,86)(H,64,84)(H,65,89)(H,66,82)(H,68,87)(H,70,80)(H,71,88)(H,72,81)(H,73,85)/b18-11-/t31?,32?,33-,34-,35+,36?,38?,39?,40-,41-,42-,43?,49?,50-,57?,61?/m0/s1. The number of amides is 13. The van der Waals surface area contributed by atoms with E-state index in [2.05, 4.69) is 65.1 Å². The molecular formula is C61H92N14O17S. The maximum Gasteiger partial charge on any atom is 0.246 e. The number of primary amides is 1. The van der Waals surface area contributed by atoms with E-state index in [0.29, 0.717) is 22.6 Å². The van der Waals surface area contributed by atoms with Crippen LogP contribution in [0.2, 0.25) is 0 Å². The first kappa shape index (κ1) is 75.7. The molecule has 0 aromatic carbocycles. The van der Waals surface area contributed by atoms with Gasteiger partial charge in [0.15, 0.2) is 0 Å². The fourth-order valence-electron chi connectivity index (χ4n) is 11.2. The Hall–Kier alpha value is -8.04. The van der Waals surface area contributed by atoms with Crippen LogP contribution in [0, 0.1) is 29.6 Å². The minimum Gasteiger partial charge on any atom is -0.394 e. The monoisotopic (exact) mass is 1320 g/mol. The highest BCUT2D eigenvalue weighted by Gasteiger charge is 2.46. The van der Waals surface area contributed by atoms with E-state index in [1.54, 1.807) is 53.7 Å². The molecule has 5 rings (SSSR count). The van der Waals surface area contributed by atoms with Crippen LogP contribution in [0.4, 0.5) is 0 Å². The molecule has 13 amide bonds. The number of aliphatic hydroxyl groups is 4. The number of fused-ring (bicyclic) bond motifs is 3. The molecule has 0 bridgehead atoms. The van der Waals surface area contributed by atoms with Crippen LogP contribution >= 0.6 is 11.8 Å². The van der Waals surface area contributed by atoms with Crippen molar-refractivity contribution < 1.29 is 82.8 Å². The van der Waals surface area contributed by atoms with E-state index in [-0.39, 0.29) is 31.6 Å². The lowest BCUT2D eigenvalue weighted by molar-refractivity contribution is -0.144. The van der Waals surface area contributed by atoms with Gasteiger partial charge in [0.1, 0.15) is 42.1 Å². The van der Waals surface area contributed by atoms with Crippen LogP contribution in [0.1, 0.15) is 101 Å². The molecule has 4 heterocycles. The van der Waals surface area contributed by atoms with Crippen molar-refractivity contribution in [2.75, 3.05) is 38.5 Å². The van der Waals surface area contributed by atoms with Gasteiger partial charge in [-0.25, -0.2) is 0 Å². The summed E-state index contributed by atoms with van der Waals surface area (Å²) >= 11 is 0.995. The Morgan fingerprint density at radius 1 is 0.860 bits per heavy atom. The second kappa shape index (κ2) is 34.2. The van der Waals surface area contributed by atoms with Gasteiger partial charge in [0.05, 0.1) is 67.4 Å². The molecule has 0 aromatic heterocycles. The number of nitrogens with two attached hydrogens (primary N) is 1. The fourth-order valence-corrected chi connectivity index (χ4v) is 12.4. The highest BCUT2D eigenvalue weighted by atomic mass is 32.2. The van der Waals surface area contributed by atoms with E-state index in [0.717, 1.165) is 21.6 Å². The van der Waals surface area contributed by atoms with Gasteiger partial charge in [-0.05, 0) is 58.1 Å². The van der Waals surface area contributed by atoms with Gasteiger partial charge in [-0.1, -0.05) is 77.2 Å². The molecular weight excluding hydrogens is 1230 g/mol. The van der Waals surface area contributed by atoms with Gasteiger partial charge in [0, 0.05) is 55.9 Å². The van der Waals surface area contributed by atoms with Crippen LogP contribution in [-0.4, -0.2) is 218 Å². The largest absolute Gasteiger partial charge is 0.394 e. The third-order valence-corrected chi connectivity index (χ3v) is 18.0. The Labute approximate surface area is 543 Å². The Morgan fingerprint density at radius 3 is 2.17 bits per heavy atom. The summed E-state index contributed by atoms with van der Waals surface area (Å²) in [6.07, 6.45) is 3.53. The number of imide groups is 1. The molecule has 17 N–H and O–H groups in total. The average Bonchev–Trinajstić information content (AvgIpc) is 1.70. The topological polar surface area (TPSA) is 468 Å². The Balaban J connectivity index is 1.52. The molecule has 2 saturated heterocycles. The lowest BCUT2D eigenvalue weighted by atomic mass is 9.87. The first-order valence-corrected chi connectivity index (χ1v) is 32.0. The van der Waals surface area contributed by atoms with Crippen LogP contribution < -0.4 is 64.2 Å². The zero-order chi connectivity index (χ0) is 69.3. The zero-order valence-electron chi connectivity index (χ0n) is 53.9. The van der Waals surface area contributed by atoms with Gasteiger partial charge in [0.2, 0.25) is 76.8 Å². The van der Waals surface area contributed by atoms with Crippen molar-refractivity contribution in [3.05, 3.63) is 59.2 Å². The molecule has 31 nitrogen and oxygen atoms in total. The minimum absolute atomic E-state index is 0.0179. The third-order valence-electron chi connectivity index (χ3n) is 16.8. The third kappa shape index (κ3) is 20.7. The minimum atomic E-state index is -1.95. The predicted molar refractivity (Wildman–Crippen MR) is 337 cm³/mol. The molecule has 0 spiro atoms.